The van der Waals surface area contributed by atoms with Gasteiger partial charge in [-0.05, 0) is 66.0 Å². The Morgan fingerprint density at radius 1 is 0.657 bits per heavy atom. The summed E-state index contributed by atoms with van der Waals surface area (Å²) in [5.74, 6) is -3.77. The van der Waals surface area contributed by atoms with Crippen molar-refractivity contribution in [1.29, 1.82) is 0 Å². The molecule has 0 atom stereocenters. The molecule has 2 nitrogen and oxygen atoms in total. The minimum Gasteiger partial charge on any atom is -0.236 e. The Kier molecular flexibility index (Phi) is 8.11. The summed E-state index contributed by atoms with van der Waals surface area (Å²) in [5, 5.41) is 1.16. The number of rotatable bonds is 10. The fourth-order valence-electron chi connectivity index (χ4n) is 4.27. The SMILES string of the molecule is CCCCCCCc1cnc(-c2ccc3c(F)c(CCc4cc(F)c(F)c(F)c4)ccc3c2)nc1. The lowest BCUT2D eigenvalue weighted by atomic mass is 9.98. The summed E-state index contributed by atoms with van der Waals surface area (Å²) in [6.07, 6.45) is 11.2. The molecule has 4 aromatic rings. The fourth-order valence-corrected chi connectivity index (χ4v) is 4.27. The summed E-state index contributed by atoms with van der Waals surface area (Å²) in [6, 6.07) is 10.7. The summed E-state index contributed by atoms with van der Waals surface area (Å²) in [6.45, 7) is 2.20. The lowest BCUT2D eigenvalue weighted by Gasteiger charge is -2.09. The predicted molar refractivity (Wildman–Crippen MR) is 131 cm³/mol. The summed E-state index contributed by atoms with van der Waals surface area (Å²) in [4.78, 5) is 9.00. The standard InChI is InChI=1S/C29H28F4N2/c1-2-3-4-5-6-7-20-17-34-29(35-18-20)23-12-13-24-22(16-23)11-10-21(27(24)32)9-8-19-14-25(30)28(33)26(31)15-19/h10-18H,2-9H2,1H3. The van der Waals surface area contributed by atoms with Crippen molar-refractivity contribution in [2.24, 2.45) is 0 Å². The maximum Gasteiger partial charge on any atom is 0.194 e. The Bertz CT molecular complexity index is 1280. The minimum atomic E-state index is -1.50. The van der Waals surface area contributed by atoms with Gasteiger partial charge in [-0.15, -0.1) is 0 Å². The first-order chi connectivity index (χ1) is 17.0. The fraction of sp³-hybridized carbons (Fsp3) is 0.310. The number of hydrogen-bond donors (Lipinski definition) is 0. The van der Waals surface area contributed by atoms with E-state index in [0.29, 0.717) is 22.2 Å². The summed E-state index contributed by atoms with van der Waals surface area (Å²) < 4.78 is 55.2. The Hall–Kier alpha value is -3.28. The van der Waals surface area contributed by atoms with Crippen molar-refractivity contribution in [3.8, 4) is 11.4 Å². The third-order valence-electron chi connectivity index (χ3n) is 6.29. The highest BCUT2D eigenvalue weighted by Crippen LogP contribution is 2.27. The second-order valence-corrected chi connectivity index (χ2v) is 8.93. The van der Waals surface area contributed by atoms with E-state index in [1.807, 2.05) is 24.5 Å². The van der Waals surface area contributed by atoms with Gasteiger partial charge in [0.05, 0.1) is 0 Å². The predicted octanol–water partition coefficient (Wildman–Crippen LogP) is 8.15. The average molecular weight is 481 g/mol. The van der Waals surface area contributed by atoms with Gasteiger partial charge in [0, 0.05) is 23.3 Å². The van der Waals surface area contributed by atoms with Gasteiger partial charge in [-0.2, -0.15) is 0 Å². The van der Waals surface area contributed by atoms with Crippen LogP contribution in [-0.4, -0.2) is 9.97 Å². The van der Waals surface area contributed by atoms with Crippen molar-refractivity contribution in [3.63, 3.8) is 0 Å². The zero-order valence-electron chi connectivity index (χ0n) is 19.8. The second kappa shape index (κ2) is 11.4. The summed E-state index contributed by atoms with van der Waals surface area (Å²) >= 11 is 0. The van der Waals surface area contributed by atoms with Crippen LogP contribution < -0.4 is 0 Å². The highest BCUT2D eigenvalue weighted by Gasteiger charge is 2.13. The number of unbranched alkanes of at least 4 members (excludes halogenated alkanes) is 4. The number of halogens is 4. The number of fused-ring (bicyclic) bond motifs is 1. The maximum atomic E-state index is 15.1. The van der Waals surface area contributed by atoms with Gasteiger partial charge in [0.25, 0.3) is 0 Å². The number of aromatic nitrogens is 2. The van der Waals surface area contributed by atoms with Crippen LogP contribution in [0.5, 0.6) is 0 Å². The summed E-state index contributed by atoms with van der Waals surface area (Å²) in [7, 11) is 0. The van der Waals surface area contributed by atoms with Gasteiger partial charge in [0.2, 0.25) is 0 Å². The minimum absolute atomic E-state index is 0.188. The molecule has 0 aliphatic carbocycles. The van der Waals surface area contributed by atoms with Crippen LogP contribution in [0.25, 0.3) is 22.2 Å². The highest BCUT2D eigenvalue weighted by atomic mass is 19.2. The molecular formula is C29H28F4N2. The lowest BCUT2D eigenvalue weighted by Crippen LogP contribution is -1.99. The lowest BCUT2D eigenvalue weighted by molar-refractivity contribution is 0.445. The number of hydrogen-bond acceptors (Lipinski definition) is 2. The highest BCUT2D eigenvalue weighted by molar-refractivity contribution is 5.87. The molecule has 0 amide bonds. The van der Waals surface area contributed by atoms with E-state index in [-0.39, 0.29) is 24.2 Å². The largest absolute Gasteiger partial charge is 0.236 e. The van der Waals surface area contributed by atoms with Crippen LogP contribution in [0, 0.1) is 23.3 Å². The van der Waals surface area contributed by atoms with Gasteiger partial charge < -0.3 is 0 Å². The molecule has 0 radical (unpaired) electrons. The zero-order valence-corrected chi connectivity index (χ0v) is 19.8. The number of aryl methyl sites for hydroxylation is 3. The van der Waals surface area contributed by atoms with E-state index < -0.39 is 17.5 Å². The molecule has 35 heavy (non-hydrogen) atoms. The van der Waals surface area contributed by atoms with Crippen molar-refractivity contribution < 1.29 is 17.6 Å². The summed E-state index contributed by atoms with van der Waals surface area (Å²) in [5.41, 5.74) is 2.62. The van der Waals surface area contributed by atoms with Crippen LogP contribution in [0.15, 0.2) is 54.9 Å². The zero-order chi connectivity index (χ0) is 24.8. The van der Waals surface area contributed by atoms with Crippen molar-refractivity contribution in [1.82, 2.24) is 9.97 Å². The molecule has 4 rings (SSSR count). The Balaban J connectivity index is 1.45. The van der Waals surface area contributed by atoms with E-state index in [1.54, 1.807) is 18.2 Å². The molecule has 0 bridgehead atoms. The molecule has 0 aliphatic rings. The second-order valence-electron chi connectivity index (χ2n) is 8.93. The number of benzene rings is 3. The molecule has 0 aliphatic heterocycles. The smallest absolute Gasteiger partial charge is 0.194 e. The molecule has 1 aromatic heterocycles. The first-order valence-corrected chi connectivity index (χ1v) is 12.1. The molecule has 1 heterocycles. The van der Waals surface area contributed by atoms with Crippen LogP contribution in [0.1, 0.15) is 55.7 Å². The first-order valence-electron chi connectivity index (χ1n) is 12.1. The van der Waals surface area contributed by atoms with E-state index >= 15 is 4.39 Å². The molecule has 182 valence electrons. The topological polar surface area (TPSA) is 25.8 Å². The van der Waals surface area contributed by atoms with Gasteiger partial charge in [-0.25, -0.2) is 27.5 Å². The Morgan fingerprint density at radius 2 is 1.37 bits per heavy atom. The van der Waals surface area contributed by atoms with Crippen LogP contribution in [0.3, 0.4) is 0 Å². The Morgan fingerprint density at radius 3 is 2.09 bits per heavy atom. The maximum absolute atomic E-state index is 15.1. The average Bonchev–Trinajstić information content (AvgIpc) is 2.87. The Labute approximate surface area is 203 Å². The van der Waals surface area contributed by atoms with Gasteiger partial charge in [-0.1, -0.05) is 56.9 Å². The normalized spacial score (nSPS) is 11.3. The molecule has 3 aromatic carbocycles. The van der Waals surface area contributed by atoms with Gasteiger partial charge in [0.15, 0.2) is 23.3 Å². The van der Waals surface area contributed by atoms with Crippen LogP contribution in [0.2, 0.25) is 0 Å². The molecule has 0 N–H and O–H groups in total. The van der Waals surface area contributed by atoms with Gasteiger partial charge >= 0.3 is 0 Å². The molecule has 0 spiro atoms. The van der Waals surface area contributed by atoms with Crippen molar-refractivity contribution in [2.45, 2.75) is 58.3 Å². The van der Waals surface area contributed by atoms with Crippen molar-refractivity contribution >= 4 is 10.8 Å². The van der Waals surface area contributed by atoms with Crippen molar-refractivity contribution in [3.05, 3.63) is 94.8 Å². The molecule has 0 unspecified atom stereocenters. The molecule has 0 fully saturated rings. The molecular weight excluding hydrogens is 452 g/mol. The third kappa shape index (κ3) is 6.05. The molecule has 0 saturated carbocycles. The monoisotopic (exact) mass is 480 g/mol. The van der Waals surface area contributed by atoms with Crippen LogP contribution in [0.4, 0.5) is 17.6 Å². The van der Waals surface area contributed by atoms with Gasteiger partial charge in [-0.3, -0.25) is 0 Å². The van der Waals surface area contributed by atoms with E-state index in [1.165, 1.54) is 25.7 Å². The quantitative estimate of drug-likeness (QED) is 0.130. The molecule has 0 saturated heterocycles. The third-order valence-corrected chi connectivity index (χ3v) is 6.29. The number of nitrogens with zero attached hydrogens (tertiary/aromatic N) is 2. The van der Waals surface area contributed by atoms with Crippen molar-refractivity contribution in [2.75, 3.05) is 0 Å². The van der Waals surface area contributed by atoms with Crippen LogP contribution >= 0.6 is 0 Å². The van der Waals surface area contributed by atoms with E-state index in [4.69, 9.17) is 0 Å². The van der Waals surface area contributed by atoms with Crippen LogP contribution in [-0.2, 0) is 19.3 Å². The van der Waals surface area contributed by atoms with E-state index in [0.717, 1.165) is 36.1 Å². The van der Waals surface area contributed by atoms with E-state index in [9.17, 15) is 13.2 Å². The van der Waals surface area contributed by atoms with Gasteiger partial charge in [0.1, 0.15) is 5.82 Å². The molecule has 6 heteroatoms. The van der Waals surface area contributed by atoms with E-state index in [2.05, 4.69) is 16.9 Å². The first kappa shape index (κ1) is 24.8.